The van der Waals surface area contributed by atoms with E-state index in [-0.39, 0.29) is 11.0 Å². The van der Waals surface area contributed by atoms with Crippen molar-refractivity contribution in [2.24, 2.45) is 5.14 Å². The summed E-state index contributed by atoms with van der Waals surface area (Å²) in [6, 6.07) is 4.86. The van der Waals surface area contributed by atoms with Crippen LogP contribution in [0.1, 0.15) is 0 Å². The Bertz CT molecular complexity index is 720. The predicted molar refractivity (Wildman–Crippen MR) is 53.8 cm³/mol. The molecule has 7 heteroatoms. The quantitative estimate of drug-likeness (QED) is 0.742. The topological polar surface area (TPSA) is 90.4 Å². The lowest BCUT2D eigenvalue weighted by atomic mass is 10.2. The van der Waals surface area contributed by atoms with Gasteiger partial charge in [0.15, 0.2) is 16.3 Å². The molecule has 0 fully saturated rings. The second-order valence-electron chi connectivity index (χ2n) is 3.10. The molecule has 5 nitrogen and oxygen atoms in total. The van der Waals surface area contributed by atoms with Crippen molar-refractivity contribution in [3.05, 3.63) is 40.5 Å². The lowest BCUT2D eigenvalue weighted by Gasteiger charge is -2.00. The van der Waals surface area contributed by atoms with E-state index in [0.717, 1.165) is 12.1 Å². The Morgan fingerprint density at radius 1 is 1.31 bits per heavy atom. The molecule has 1 heterocycles. The molecule has 0 spiro atoms. The number of benzene rings is 1. The van der Waals surface area contributed by atoms with Crippen LogP contribution in [0.3, 0.4) is 0 Å². The van der Waals surface area contributed by atoms with Crippen LogP contribution in [0.25, 0.3) is 11.0 Å². The van der Waals surface area contributed by atoms with Gasteiger partial charge >= 0.3 is 5.63 Å². The summed E-state index contributed by atoms with van der Waals surface area (Å²) in [6.07, 6.45) is 0. The van der Waals surface area contributed by atoms with E-state index in [1.165, 1.54) is 12.1 Å². The zero-order valence-corrected chi connectivity index (χ0v) is 8.62. The third-order valence-electron chi connectivity index (χ3n) is 1.99. The normalized spacial score (nSPS) is 11.9. The summed E-state index contributed by atoms with van der Waals surface area (Å²) in [5, 5.41) is 4.96. The zero-order chi connectivity index (χ0) is 11.9. The molecule has 0 amide bonds. The van der Waals surface area contributed by atoms with Gasteiger partial charge in [-0.3, -0.25) is 0 Å². The Labute approximate surface area is 89.3 Å². The highest BCUT2D eigenvalue weighted by atomic mass is 32.2. The lowest BCUT2D eigenvalue weighted by Crippen LogP contribution is -2.20. The van der Waals surface area contributed by atoms with Crippen LogP contribution in [0.4, 0.5) is 4.39 Å². The molecule has 0 aliphatic rings. The average Bonchev–Trinajstić information content (AvgIpc) is 2.17. The summed E-state index contributed by atoms with van der Waals surface area (Å²) >= 11 is 0. The molecule has 2 N–H and O–H groups in total. The number of sulfonamides is 1. The maximum Gasteiger partial charge on any atom is 0.356 e. The summed E-state index contributed by atoms with van der Waals surface area (Å²) in [5.74, 6) is -0.740. The Hall–Kier alpha value is -1.73. The van der Waals surface area contributed by atoms with Crippen LogP contribution in [-0.4, -0.2) is 8.42 Å². The van der Waals surface area contributed by atoms with E-state index in [4.69, 9.17) is 5.14 Å². The number of hydrogen-bond acceptors (Lipinski definition) is 4. The summed E-state index contributed by atoms with van der Waals surface area (Å²) in [4.78, 5) is 10.6. The molecule has 2 aromatic rings. The molecular weight excluding hydrogens is 237 g/mol. The van der Waals surface area contributed by atoms with E-state index in [1.54, 1.807) is 0 Å². The summed E-state index contributed by atoms with van der Waals surface area (Å²) in [5.41, 5.74) is -1.47. The average molecular weight is 243 g/mol. The predicted octanol–water partition coefficient (Wildman–Crippen LogP) is 0.580. The molecule has 0 aliphatic heterocycles. The number of nitrogens with two attached hydrogens (primary N) is 1. The Balaban J connectivity index is 2.94. The van der Waals surface area contributed by atoms with Crippen LogP contribution in [0.2, 0.25) is 0 Å². The van der Waals surface area contributed by atoms with Gasteiger partial charge in [-0.1, -0.05) is 12.1 Å². The van der Waals surface area contributed by atoms with E-state index >= 15 is 0 Å². The molecule has 16 heavy (non-hydrogen) atoms. The second-order valence-corrected chi connectivity index (χ2v) is 4.63. The van der Waals surface area contributed by atoms with Gasteiger partial charge in [-0.2, -0.15) is 0 Å². The highest BCUT2D eigenvalue weighted by Crippen LogP contribution is 2.17. The number of halogens is 1. The lowest BCUT2D eigenvalue weighted by molar-refractivity contribution is 0.506. The summed E-state index contributed by atoms with van der Waals surface area (Å²) < 4.78 is 39.8. The van der Waals surface area contributed by atoms with Crippen molar-refractivity contribution in [1.29, 1.82) is 0 Å². The Kier molecular flexibility index (Phi) is 2.28. The number of fused-ring (bicyclic) bond motifs is 1. The highest BCUT2D eigenvalue weighted by molar-refractivity contribution is 7.89. The van der Waals surface area contributed by atoms with Crippen LogP contribution < -0.4 is 10.8 Å². The van der Waals surface area contributed by atoms with Gasteiger partial charge in [0.05, 0.1) is 0 Å². The van der Waals surface area contributed by atoms with Gasteiger partial charge in [-0.15, -0.1) is 0 Å². The van der Waals surface area contributed by atoms with Crippen molar-refractivity contribution in [3.63, 3.8) is 0 Å². The minimum Gasteiger partial charge on any atom is -0.419 e. The Morgan fingerprint density at radius 2 is 2.00 bits per heavy atom. The van der Waals surface area contributed by atoms with Gasteiger partial charge in [0, 0.05) is 5.39 Å². The number of primary sulfonamides is 1. The first-order valence-corrected chi connectivity index (χ1v) is 5.69. The third kappa shape index (κ3) is 1.70. The first kappa shape index (κ1) is 10.8. The highest BCUT2D eigenvalue weighted by Gasteiger charge is 2.17. The third-order valence-corrected chi connectivity index (χ3v) is 2.88. The molecule has 0 radical (unpaired) electrons. The van der Waals surface area contributed by atoms with E-state index in [9.17, 15) is 17.6 Å². The van der Waals surface area contributed by atoms with Crippen molar-refractivity contribution in [2.75, 3.05) is 0 Å². The van der Waals surface area contributed by atoms with Crippen molar-refractivity contribution >= 4 is 21.0 Å². The fourth-order valence-electron chi connectivity index (χ4n) is 1.29. The fourth-order valence-corrected chi connectivity index (χ4v) is 1.85. The van der Waals surface area contributed by atoms with Crippen molar-refractivity contribution in [2.45, 2.75) is 4.90 Å². The molecule has 0 saturated carbocycles. The van der Waals surface area contributed by atoms with Crippen LogP contribution in [-0.2, 0) is 10.0 Å². The standard InChI is InChI=1S/C9H6FNO4S/c10-6-3-1-2-5-4-7(16(11,13)14)9(12)15-8(5)6/h1-4H,(H2,11,13,14). The molecule has 0 saturated heterocycles. The van der Waals surface area contributed by atoms with Gasteiger partial charge in [0.25, 0.3) is 0 Å². The summed E-state index contributed by atoms with van der Waals surface area (Å²) in [7, 11) is -4.17. The molecule has 2 rings (SSSR count). The number of hydrogen-bond donors (Lipinski definition) is 1. The maximum absolute atomic E-state index is 13.2. The van der Waals surface area contributed by atoms with E-state index < -0.39 is 26.4 Å². The first-order chi connectivity index (χ1) is 7.39. The van der Waals surface area contributed by atoms with Crippen molar-refractivity contribution in [3.8, 4) is 0 Å². The molecular formula is C9H6FNO4S. The van der Waals surface area contributed by atoms with Crippen molar-refractivity contribution in [1.82, 2.24) is 0 Å². The molecule has 0 atom stereocenters. The van der Waals surface area contributed by atoms with Crippen LogP contribution in [0.15, 0.2) is 38.4 Å². The number of para-hydroxylation sites is 1. The van der Waals surface area contributed by atoms with Crippen LogP contribution in [0.5, 0.6) is 0 Å². The smallest absolute Gasteiger partial charge is 0.356 e. The summed E-state index contributed by atoms with van der Waals surface area (Å²) in [6.45, 7) is 0. The van der Waals surface area contributed by atoms with Crippen LogP contribution in [0, 0.1) is 5.82 Å². The van der Waals surface area contributed by atoms with Gasteiger partial charge in [-0.25, -0.2) is 22.7 Å². The van der Waals surface area contributed by atoms with E-state index in [1.807, 2.05) is 0 Å². The van der Waals surface area contributed by atoms with E-state index in [0.29, 0.717) is 0 Å². The first-order valence-electron chi connectivity index (χ1n) is 4.15. The van der Waals surface area contributed by atoms with Gasteiger partial charge < -0.3 is 4.42 Å². The molecule has 1 aromatic heterocycles. The largest absolute Gasteiger partial charge is 0.419 e. The molecule has 84 valence electrons. The molecule has 0 aliphatic carbocycles. The van der Waals surface area contributed by atoms with Gasteiger partial charge in [0.1, 0.15) is 0 Å². The van der Waals surface area contributed by atoms with Crippen LogP contribution >= 0.6 is 0 Å². The van der Waals surface area contributed by atoms with Crippen molar-refractivity contribution < 1.29 is 17.2 Å². The molecule has 0 bridgehead atoms. The maximum atomic E-state index is 13.2. The molecule has 1 aromatic carbocycles. The second kappa shape index (κ2) is 3.39. The minimum atomic E-state index is -4.17. The minimum absolute atomic E-state index is 0.156. The van der Waals surface area contributed by atoms with Gasteiger partial charge in [0.2, 0.25) is 10.0 Å². The Morgan fingerprint density at radius 3 is 2.62 bits per heavy atom. The van der Waals surface area contributed by atoms with E-state index in [2.05, 4.69) is 4.42 Å². The fraction of sp³-hybridized carbons (Fsp3) is 0. The monoisotopic (exact) mass is 243 g/mol. The SMILES string of the molecule is NS(=O)(=O)c1cc2cccc(F)c2oc1=O. The van der Waals surface area contributed by atoms with Gasteiger partial charge in [-0.05, 0) is 12.1 Å². The molecule has 0 unspecified atom stereocenters. The number of rotatable bonds is 1. The zero-order valence-electron chi connectivity index (χ0n) is 7.81.